The van der Waals surface area contributed by atoms with E-state index in [1.807, 2.05) is 36.6 Å². The van der Waals surface area contributed by atoms with Crippen molar-refractivity contribution in [2.24, 2.45) is 0 Å². The molecule has 0 fully saturated rings. The maximum absolute atomic E-state index is 12.7. The van der Waals surface area contributed by atoms with Crippen molar-refractivity contribution >= 4 is 23.2 Å². The molecule has 2 aromatic heterocycles. The Morgan fingerprint density at radius 2 is 2.11 bits per heavy atom. The SMILES string of the molecule is CCOc1nc(-c2ccccc2[C@H]2Cc3nc(N)nc(C)c3C(=O)N2)cs1. The maximum atomic E-state index is 12.7. The third-order valence-corrected chi connectivity index (χ3v) is 5.23. The Kier molecular flexibility index (Phi) is 4.49. The van der Waals surface area contributed by atoms with Gasteiger partial charge < -0.3 is 15.8 Å². The molecule has 1 aliphatic rings. The lowest BCUT2D eigenvalue weighted by molar-refractivity contribution is 0.0922. The second-order valence-electron chi connectivity index (χ2n) is 6.24. The van der Waals surface area contributed by atoms with Gasteiger partial charge in [-0.3, -0.25) is 4.79 Å². The lowest BCUT2D eigenvalue weighted by Gasteiger charge is -2.27. The first-order chi connectivity index (χ1) is 13.1. The van der Waals surface area contributed by atoms with Gasteiger partial charge in [0.1, 0.15) is 0 Å². The zero-order chi connectivity index (χ0) is 19.0. The summed E-state index contributed by atoms with van der Waals surface area (Å²) >= 11 is 1.46. The number of thiazole rings is 1. The number of rotatable bonds is 4. The predicted molar refractivity (Wildman–Crippen MR) is 104 cm³/mol. The van der Waals surface area contributed by atoms with Crippen LogP contribution in [0.15, 0.2) is 29.6 Å². The van der Waals surface area contributed by atoms with Crippen molar-refractivity contribution < 1.29 is 9.53 Å². The second-order valence-corrected chi connectivity index (χ2v) is 7.06. The molecule has 4 rings (SSSR count). The first-order valence-electron chi connectivity index (χ1n) is 8.68. The highest BCUT2D eigenvalue weighted by molar-refractivity contribution is 7.11. The number of hydrogen-bond donors (Lipinski definition) is 2. The van der Waals surface area contributed by atoms with E-state index in [1.165, 1.54) is 11.3 Å². The van der Waals surface area contributed by atoms with Crippen molar-refractivity contribution in [3.05, 3.63) is 52.2 Å². The zero-order valence-electron chi connectivity index (χ0n) is 15.0. The molecule has 0 saturated heterocycles. The summed E-state index contributed by atoms with van der Waals surface area (Å²) < 4.78 is 5.49. The number of amides is 1. The molecule has 1 amide bonds. The van der Waals surface area contributed by atoms with Gasteiger partial charge in [0.2, 0.25) is 5.95 Å². The van der Waals surface area contributed by atoms with Gasteiger partial charge >= 0.3 is 0 Å². The second kappa shape index (κ2) is 6.96. The van der Waals surface area contributed by atoms with Crippen LogP contribution in [0.3, 0.4) is 0 Å². The Morgan fingerprint density at radius 3 is 2.93 bits per heavy atom. The fraction of sp³-hybridized carbons (Fsp3) is 0.263. The number of carbonyl (C=O) groups excluding carboxylic acids is 1. The third kappa shape index (κ3) is 3.23. The van der Waals surface area contributed by atoms with E-state index in [0.29, 0.717) is 35.2 Å². The molecule has 138 valence electrons. The number of fused-ring (bicyclic) bond motifs is 1. The van der Waals surface area contributed by atoms with Gasteiger partial charge in [-0.25, -0.2) is 15.0 Å². The van der Waals surface area contributed by atoms with E-state index in [0.717, 1.165) is 16.8 Å². The number of ether oxygens (including phenoxy) is 1. The molecule has 0 saturated carbocycles. The summed E-state index contributed by atoms with van der Waals surface area (Å²) in [6.07, 6.45) is 0.550. The van der Waals surface area contributed by atoms with Crippen LogP contribution in [0.4, 0.5) is 5.95 Å². The summed E-state index contributed by atoms with van der Waals surface area (Å²) in [4.78, 5) is 25.6. The molecule has 1 aliphatic heterocycles. The van der Waals surface area contributed by atoms with Gasteiger partial charge in [-0.15, -0.1) is 0 Å². The molecule has 0 unspecified atom stereocenters. The molecule has 27 heavy (non-hydrogen) atoms. The molecule has 1 atom stereocenters. The van der Waals surface area contributed by atoms with E-state index in [-0.39, 0.29) is 17.9 Å². The van der Waals surface area contributed by atoms with Crippen LogP contribution in [-0.2, 0) is 6.42 Å². The molecule has 0 aliphatic carbocycles. The monoisotopic (exact) mass is 381 g/mol. The number of nitrogens with one attached hydrogen (secondary N) is 1. The number of nitrogens with zero attached hydrogens (tertiary/aromatic N) is 3. The molecule has 0 radical (unpaired) electrons. The number of anilines is 1. The summed E-state index contributed by atoms with van der Waals surface area (Å²) in [5.74, 6) is 0.00989. The van der Waals surface area contributed by atoms with E-state index in [4.69, 9.17) is 10.5 Å². The van der Waals surface area contributed by atoms with Crippen molar-refractivity contribution in [1.29, 1.82) is 0 Å². The topological polar surface area (TPSA) is 103 Å². The van der Waals surface area contributed by atoms with Crippen molar-refractivity contribution in [2.45, 2.75) is 26.3 Å². The van der Waals surface area contributed by atoms with Crippen LogP contribution in [0.1, 0.15) is 40.3 Å². The predicted octanol–water partition coefficient (Wildman–Crippen LogP) is 2.92. The summed E-state index contributed by atoms with van der Waals surface area (Å²) in [6.45, 7) is 4.28. The first-order valence-corrected chi connectivity index (χ1v) is 9.56. The molecule has 7 nitrogen and oxygen atoms in total. The molecule has 3 aromatic rings. The van der Waals surface area contributed by atoms with Crippen LogP contribution in [0, 0.1) is 6.92 Å². The highest BCUT2D eigenvalue weighted by Crippen LogP contribution is 2.35. The molecule has 0 spiro atoms. The highest BCUT2D eigenvalue weighted by Gasteiger charge is 2.30. The van der Waals surface area contributed by atoms with Crippen molar-refractivity contribution in [2.75, 3.05) is 12.3 Å². The average Bonchev–Trinajstić information content (AvgIpc) is 3.09. The van der Waals surface area contributed by atoms with Gasteiger partial charge in [-0.1, -0.05) is 35.6 Å². The first kappa shape index (κ1) is 17.4. The standard InChI is InChI=1S/C19H19N5O2S/c1-3-26-19-24-15(9-27-19)12-7-5-4-6-11(12)13-8-14-16(17(25)22-13)10(2)21-18(20)23-14/h4-7,9,13H,3,8H2,1-2H3,(H,22,25)(H2,20,21,23)/t13-/m1/s1. The molecular formula is C19H19N5O2S. The highest BCUT2D eigenvalue weighted by atomic mass is 32.1. The quantitative estimate of drug-likeness (QED) is 0.720. The smallest absolute Gasteiger partial charge is 0.273 e. The number of aromatic nitrogens is 3. The van der Waals surface area contributed by atoms with Crippen LogP contribution in [0.25, 0.3) is 11.3 Å². The summed E-state index contributed by atoms with van der Waals surface area (Å²) in [5, 5.41) is 5.68. The fourth-order valence-corrected chi connectivity index (χ4v) is 4.10. The van der Waals surface area contributed by atoms with Gasteiger partial charge in [0, 0.05) is 17.4 Å². The summed E-state index contributed by atoms with van der Waals surface area (Å²) in [5.41, 5.74) is 10.4. The maximum Gasteiger partial charge on any atom is 0.273 e. The van der Waals surface area contributed by atoms with Gasteiger partial charge in [0.25, 0.3) is 11.1 Å². The Labute approximate surface area is 160 Å². The van der Waals surface area contributed by atoms with E-state index >= 15 is 0 Å². The van der Waals surface area contributed by atoms with Crippen molar-refractivity contribution in [3.8, 4) is 16.5 Å². The summed E-state index contributed by atoms with van der Waals surface area (Å²) in [7, 11) is 0. The molecule has 0 bridgehead atoms. The van der Waals surface area contributed by atoms with Crippen molar-refractivity contribution in [3.63, 3.8) is 0 Å². The minimum atomic E-state index is -0.216. The number of benzene rings is 1. The van der Waals surface area contributed by atoms with Crippen molar-refractivity contribution in [1.82, 2.24) is 20.3 Å². The van der Waals surface area contributed by atoms with E-state index in [2.05, 4.69) is 20.3 Å². The lowest BCUT2D eigenvalue weighted by atomic mass is 9.90. The number of aryl methyl sites for hydroxylation is 1. The van der Waals surface area contributed by atoms with E-state index < -0.39 is 0 Å². The molecular weight excluding hydrogens is 362 g/mol. The number of hydrogen-bond acceptors (Lipinski definition) is 7. The zero-order valence-corrected chi connectivity index (χ0v) is 15.8. The Hall–Kier alpha value is -3.00. The number of nitrogens with two attached hydrogens (primary N) is 1. The number of nitrogen functional groups attached to an aromatic ring is 1. The molecule has 8 heteroatoms. The van der Waals surface area contributed by atoms with E-state index in [9.17, 15) is 4.79 Å². The molecule has 1 aromatic carbocycles. The molecule has 3 N–H and O–H groups in total. The normalized spacial score (nSPS) is 15.9. The minimum Gasteiger partial charge on any atom is -0.470 e. The minimum absolute atomic E-state index is 0.179. The fourth-order valence-electron chi connectivity index (χ4n) is 3.37. The van der Waals surface area contributed by atoms with Gasteiger partial charge in [0.15, 0.2) is 0 Å². The van der Waals surface area contributed by atoms with Crippen LogP contribution < -0.4 is 15.8 Å². The summed E-state index contributed by atoms with van der Waals surface area (Å²) in [6, 6.07) is 7.70. The largest absolute Gasteiger partial charge is 0.470 e. The Bertz CT molecular complexity index is 1020. The van der Waals surface area contributed by atoms with Crippen LogP contribution >= 0.6 is 11.3 Å². The van der Waals surface area contributed by atoms with Crippen LogP contribution in [-0.4, -0.2) is 27.5 Å². The molecule has 3 heterocycles. The third-order valence-electron chi connectivity index (χ3n) is 4.48. The number of carbonyl (C=O) groups is 1. The van der Waals surface area contributed by atoms with Crippen LogP contribution in [0.5, 0.6) is 5.19 Å². The van der Waals surface area contributed by atoms with Crippen LogP contribution in [0.2, 0.25) is 0 Å². The van der Waals surface area contributed by atoms with Gasteiger partial charge in [-0.2, -0.15) is 0 Å². The average molecular weight is 381 g/mol. The van der Waals surface area contributed by atoms with E-state index in [1.54, 1.807) is 6.92 Å². The Balaban J connectivity index is 1.73. The lowest BCUT2D eigenvalue weighted by Crippen LogP contribution is -2.37. The van der Waals surface area contributed by atoms with Gasteiger partial charge in [0.05, 0.1) is 35.3 Å². The van der Waals surface area contributed by atoms with Gasteiger partial charge in [-0.05, 0) is 19.4 Å². The Morgan fingerprint density at radius 1 is 1.30 bits per heavy atom.